The minimum absolute atomic E-state index is 0. The molecule has 0 atom stereocenters. The van der Waals surface area contributed by atoms with E-state index in [1.807, 2.05) is 19.0 Å². The van der Waals surface area contributed by atoms with Crippen LogP contribution in [0.1, 0.15) is 25.5 Å². The largest absolute Gasteiger partial charge is 0.383 e. The van der Waals surface area contributed by atoms with Crippen LogP contribution >= 0.6 is 35.3 Å². The van der Waals surface area contributed by atoms with Crippen LogP contribution < -0.4 is 15.5 Å². The van der Waals surface area contributed by atoms with Crippen LogP contribution in [0.2, 0.25) is 0 Å². The summed E-state index contributed by atoms with van der Waals surface area (Å²) < 4.78 is 5.17. The number of thiazole rings is 1. The van der Waals surface area contributed by atoms with E-state index in [4.69, 9.17) is 4.74 Å². The molecule has 1 aliphatic heterocycles. The molecule has 0 bridgehead atoms. The molecule has 156 valence electrons. The Kier molecular flexibility index (Phi) is 12.2. The van der Waals surface area contributed by atoms with Crippen molar-refractivity contribution in [1.29, 1.82) is 0 Å². The highest BCUT2D eigenvalue weighted by Gasteiger charge is 2.19. The molecule has 0 unspecified atom stereocenters. The number of nitrogens with zero attached hydrogens (tertiary/aromatic N) is 4. The van der Waals surface area contributed by atoms with Crippen molar-refractivity contribution in [2.75, 3.05) is 65.4 Å². The van der Waals surface area contributed by atoms with E-state index in [1.165, 1.54) is 12.8 Å². The second kappa shape index (κ2) is 13.5. The summed E-state index contributed by atoms with van der Waals surface area (Å²) in [5, 5.41) is 9.95. The van der Waals surface area contributed by atoms with Gasteiger partial charge in [0.25, 0.3) is 0 Å². The molecule has 1 saturated heterocycles. The number of likely N-dealkylation sites (tertiary alicyclic amines) is 1. The topological polar surface area (TPSA) is 65.0 Å². The van der Waals surface area contributed by atoms with Crippen LogP contribution in [0.4, 0.5) is 5.13 Å². The van der Waals surface area contributed by atoms with Crippen LogP contribution in [-0.2, 0) is 11.3 Å². The molecular formula is C18H35IN6OS. The van der Waals surface area contributed by atoms with Gasteiger partial charge in [0.15, 0.2) is 11.1 Å². The number of hydrogen-bond acceptors (Lipinski definition) is 6. The average molecular weight is 510 g/mol. The normalized spacial score (nSPS) is 16.1. The number of hydrogen-bond donors (Lipinski definition) is 2. The standard InChI is InChI=1S/C18H34N6OS.HI/c1-5-19-17(21-13-16-14-26-18(22-16)23(2)3)20-12-15-6-8-24(9-7-15)10-11-25-4;/h14-15H,5-13H2,1-4H3,(H2,19,20,21);1H. The van der Waals surface area contributed by atoms with Gasteiger partial charge in [-0.15, -0.1) is 35.3 Å². The van der Waals surface area contributed by atoms with E-state index in [2.05, 4.69) is 37.8 Å². The molecule has 1 fully saturated rings. The lowest BCUT2D eigenvalue weighted by atomic mass is 9.97. The molecule has 2 rings (SSSR count). The van der Waals surface area contributed by atoms with Crippen molar-refractivity contribution in [3.8, 4) is 0 Å². The average Bonchev–Trinajstić information content (AvgIpc) is 3.12. The summed E-state index contributed by atoms with van der Waals surface area (Å²) in [5.74, 6) is 1.59. The minimum Gasteiger partial charge on any atom is -0.383 e. The van der Waals surface area contributed by atoms with Crippen molar-refractivity contribution in [1.82, 2.24) is 20.5 Å². The second-order valence-electron chi connectivity index (χ2n) is 6.87. The third kappa shape index (κ3) is 8.93. The predicted molar refractivity (Wildman–Crippen MR) is 126 cm³/mol. The number of methoxy groups -OCH3 is 1. The highest BCUT2D eigenvalue weighted by atomic mass is 127. The first-order valence-electron chi connectivity index (χ1n) is 9.47. The lowest BCUT2D eigenvalue weighted by Crippen LogP contribution is -2.43. The molecule has 1 aromatic heterocycles. The van der Waals surface area contributed by atoms with E-state index in [0.717, 1.165) is 56.1 Å². The molecule has 0 saturated carbocycles. The molecule has 0 spiro atoms. The van der Waals surface area contributed by atoms with Crippen LogP contribution in [-0.4, -0.2) is 76.4 Å². The summed E-state index contributed by atoms with van der Waals surface area (Å²) >= 11 is 1.66. The Labute approximate surface area is 185 Å². The Bertz CT molecular complexity index is 546. The van der Waals surface area contributed by atoms with Gasteiger partial charge in [0.1, 0.15) is 0 Å². The molecule has 27 heavy (non-hydrogen) atoms. The maximum atomic E-state index is 5.17. The number of aliphatic imine (C=N–C) groups is 1. The predicted octanol–water partition coefficient (Wildman–Crippen LogP) is 2.24. The van der Waals surface area contributed by atoms with Gasteiger partial charge in [-0.25, -0.2) is 9.98 Å². The van der Waals surface area contributed by atoms with E-state index in [1.54, 1.807) is 18.4 Å². The van der Waals surface area contributed by atoms with E-state index < -0.39 is 0 Å². The molecule has 2 N–H and O–H groups in total. The zero-order valence-electron chi connectivity index (χ0n) is 17.0. The number of ether oxygens (including phenoxy) is 1. The maximum absolute atomic E-state index is 5.17. The van der Waals surface area contributed by atoms with E-state index in [9.17, 15) is 0 Å². The molecule has 0 amide bonds. The Hall–Kier alpha value is -0.650. The Morgan fingerprint density at radius 2 is 2.11 bits per heavy atom. The molecule has 0 radical (unpaired) electrons. The zero-order valence-corrected chi connectivity index (χ0v) is 20.2. The van der Waals surface area contributed by atoms with Gasteiger partial charge in [-0.1, -0.05) is 0 Å². The van der Waals surface area contributed by atoms with Gasteiger partial charge in [0.2, 0.25) is 0 Å². The van der Waals surface area contributed by atoms with Crippen molar-refractivity contribution < 1.29 is 4.74 Å². The molecule has 9 heteroatoms. The third-order valence-electron chi connectivity index (χ3n) is 4.54. The van der Waals surface area contributed by atoms with Crippen LogP contribution in [0, 0.1) is 5.92 Å². The Morgan fingerprint density at radius 3 is 2.70 bits per heavy atom. The first-order valence-corrected chi connectivity index (χ1v) is 10.4. The molecule has 0 aliphatic carbocycles. The van der Waals surface area contributed by atoms with E-state index in [0.29, 0.717) is 12.5 Å². The highest BCUT2D eigenvalue weighted by molar-refractivity contribution is 14.0. The third-order valence-corrected chi connectivity index (χ3v) is 5.60. The number of guanidine groups is 1. The lowest BCUT2D eigenvalue weighted by molar-refractivity contribution is 0.121. The van der Waals surface area contributed by atoms with Crippen LogP contribution in [0.25, 0.3) is 0 Å². The summed E-state index contributed by atoms with van der Waals surface area (Å²) in [7, 11) is 5.79. The van der Waals surface area contributed by atoms with E-state index in [-0.39, 0.29) is 24.0 Å². The van der Waals surface area contributed by atoms with Crippen LogP contribution in [0.5, 0.6) is 0 Å². The van der Waals surface area contributed by atoms with Gasteiger partial charge in [0, 0.05) is 46.2 Å². The summed E-state index contributed by atoms with van der Waals surface area (Å²) in [6, 6.07) is 0. The summed E-state index contributed by atoms with van der Waals surface area (Å²) in [4.78, 5) is 13.8. The van der Waals surface area contributed by atoms with Gasteiger partial charge in [-0.3, -0.25) is 0 Å². The number of piperidine rings is 1. The van der Waals surface area contributed by atoms with Crippen molar-refractivity contribution in [3.63, 3.8) is 0 Å². The first kappa shape index (κ1) is 24.4. The highest BCUT2D eigenvalue weighted by Crippen LogP contribution is 2.18. The number of halogens is 1. The Balaban J connectivity index is 0.00000364. The lowest BCUT2D eigenvalue weighted by Gasteiger charge is -2.32. The minimum atomic E-state index is 0. The second-order valence-corrected chi connectivity index (χ2v) is 7.71. The zero-order chi connectivity index (χ0) is 18.8. The fraction of sp³-hybridized carbons (Fsp3) is 0.778. The number of nitrogens with one attached hydrogen (secondary N) is 2. The van der Waals surface area contributed by atoms with Crippen molar-refractivity contribution >= 4 is 46.4 Å². The molecule has 1 aromatic rings. The summed E-state index contributed by atoms with van der Waals surface area (Å²) in [6.07, 6.45) is 2.46. The maximum Gasteiger partial charge on any atom is 0.191 e. The van der Waals surface area contributed by atoms with Crippen molar-refractivity contribution in [2.24, 2.45) is 10.9 Å². The van der Waals surface area contributed by atoms with Crippen molar-refractivity contribution in [2.45, 2.75) is 26.3 Å². The molecule has 0 aromatic carbocycles. The Morgan fingerprint density at radius 1 is 1.37 bits per heavy atom. The van der Waals surface area contributed by atoms with Gasteiger partial charge >= 0.3 is 0 Å². The molecule has 1 aliphatic rings. The summed E-state index contributed by atoms with van der Waals surface area (Å²) in [5.41, 5.74) is 1.02. The SMILES string of the molecule is CCNC(=NCc1csc(N(C)C)n1)NCC1CCN(CCOC)CC1.I. The van der Waals surface area contributed by atoms with Crippen LogP contribution in [0.15, 0.2) is 10.4 Å². The number of anilines is 1. The fourth-order valence-electron chi connectivity index (χ4n) is 2.95. The van der Waals surface area contributed by atoms with Gasteiger partial charge in [-0.2, -0.15) is 0 Å². The number of rotatable bonds is 9. The van der Waals surface area contributed by atoms with E-state index >= 15 is 0 Å². The summed E-state index contributed by atoms with van der Waals surface area (Å²) in [6.45, 7) is 8.74. The van der Waals surface area contributed by atoms with Gasteiger partial charge in [-0.05, 0) is 38.8 Å². The fourth-order valence-corrected chi connectivity index (χ4v) is 3.70. The van der Waals surface area contributed by atoms with Crippen LogP contribution in [0.3, 0.4) is 0 Å². The van der Waals surface area contributed by atoms with Gasteiger partial charge < -0.3 is 25.2 Å². The van der Waals surface area contributed by atoms with Crippen molar-refractivity contribution in [3.05, 3.63) is 11.1 Å². The molecule has 7 nitrogen and oxygen atoms in total. The first-order chi connectivity index (χ1) is 12.6. The molecule has 2 heterocycles. The quantitative estimate of drug-likeness (QED) is 0.302. The number of aromatic nitrogens is 1. The smallest absolute Gasteiger partial charge is 0.191 e. The van der Waals surface area contributed by atoms with Gasteiger partial charge in [0.05, 0.1) is 18.8 Å². The monoisotopic (exact) mass is 510 g/mol. The molecular weight excluding hydrogens is 475 g/mol.